The minimum Gasteiger partial charge on any atom is -0.475 e. The van der Waals surface area contributed by atoms with E-state index in [0.717, 1.165) is 10.7 Å². The molecule has 8 nitrogen and oxygen atoms in total. The van der Waals surface area contributed by atoms with Crippen molar-refractivity contribution in [1.29, 1.82) is 0 Å². The van der Waals surface area contributed by atoms with Crippen molar-refractivity contribution >= 4 is 29.1 Å². The first-order valence-corrected chi connectivity index (χ1v) is 9.77. The zero-order valence-electron chi connectivity index (χ0n) is 15.8. The summed E-state index contributed by atoms with van der Waals surface area (Å²) in [6.07, 6.45) is -3.59. The fourth-order valence-electron chi connectivity index (χ4n) is 3.48. The second-order valence-electron chi connectivity index (χ2n) is 6.93. The lowest BCUT2D eigenvalue weighted by atomic mass is 10.0. The van der Waals surface area contributed by atoms with E-state index in [1.54, 1.807) is 28.4 Å². The fraction of sp³-hybridized carbons (Fsp3) is 0.444. The summed E-state index contributed by atoms with van der Waals surface area (Å²) in [6.45, 7) is 4.33. The van der Waals surface area contributed by atoms with Crippen LogP contribution in [-0.4, -0.2) is 63.5 Å². The normalized spacial score (nSPS) is 20.7. The molecule has 162 valence electrons. The van der Waals surface area contributed by atoms with E-state index in [-0.39, 0.29) is 23.7 Å². The highest BCUT2D eigenvalue weighted by molar-refractivity contribution is 7.09. The molecule has 2 amide bonds. The Morgan fingerprint density at radius 2 is 2.03 bits per heavy atom. The number of amides is 2. The Kier molecular flexibility index (Phi) is 6.15. The van der Waals surface area contributed by atoms with Gasteiger partial charge in [0.2, 0.25) is 5.91 Å². The molecule has 2 aliphatic heterocycles. The maximum Gasteiger partial charge on any atom is 0.490 e. The predicted octanol–water partition coefficient (Wildman–Crippen LogP) is 2.41. The maximum atomic E-state index is 12.6. The number of thiazole rings is 1. The zero-order chi connectivity index (χ0) is 22.1. The number of halogens is 3. The van der Waals surface area contributed by atoms with Crippen LogP contribution in [0.4, 0.5) is 13.2 Å². The van der Waals surface area contributed by atoms with Crippen molar-refractivity contribution in [2.75, 3.05) is 19.6 Å². The standard InChI is InChI=1S/C16H17N3O3S.C2HF3O2/c1-10-17-12(9-23-10)7-18-5-11-6-19(8-13(11)15(18)20)16(21)14-3-2-4-22-14;3-2(4,5)1(6)7/h2-4,9,11,13H,5-8H2,1H3;(H,6,7)/t11-,13+;/m1./s1. The molecule has 0 radical (unpaired) electrons. The van der Waals surface area contributed by atoms with Gasteiger partial charge in [-0.2, -0.15) is 13.2 Å². The van der Waals surface area contributed by atoms with E-state index in [2.05, 4.69) is 4.98 Å². The summed E-state index contributed by atoms with van der Waals surface area (Å²) in [5, 5.41) is 10.1. The number of carbonyl (C=O) groups excluding carboxylic acids is 2. The molecule has 0 spiro atoms. The van der Waals surface area contributed by atoms with Crippen LogP contribution >= 0.6 is 11.3 Å². The van der Waals surface area contributed by atoms with Crippen LogP contribution in [0.25, 0.3) is 0 Å². The highest BCUT2D eigenvalue weighted by atomic mass is 32.1. The molecule has 0 aliphatic carbocycles. The number of carboxylic acids is 1. The van der Waals surface area contributed by atoms with Crippen molar-refractivity contribution in [3.8, 4) is 0 Å². The summed E-state index contributed by atoms with van der Waals surface area (Å²) < 4.78 is 36.9. The zero-order valence-corrected chi connectivity index (χ0v) is 16.6. The van der Waals surface area contributed by atoms with Crippen LogP contribution in [-0.2, 0) is 16.1 Å². The molecule has 4 heterocycles. The minimum atomic E-state index is -5.08. The molecule has 2 aliphatic rings. The SMILES string of the molecule is Cc1nc(CN2C[C@@H]3CN(C(=O)c4ccco4)C[C@@H]3C2=O)cs1.O=C(O)C(F)(F)F. The average molecular weight is 445 g/mol. The van der Waals surface area contributed by atoms with E-state index >= 15 is 0 Å². The number of carbonyl (C=O) groups is 3. The molecule has 0 unspecified atom stereocenters. The smallest absolute Gasteiger partial charge is 0.475 e. The van der Waals surface area contributed by atoms with Crippen LogP contribution in [0, 0.1) is 18.8 Å². The van der Waals surface area contributed by atoms with Gasteiger partial charge in [-0.15, -0.1) is 11.3 Å². The quantitative estimate of drug-likeness (QED) is 0.778. The largest absolute Gasteiger partial charge is 0.490 e. The van der Waals surface area contributed by atoms with Gasteiger partial charge >= 0.3 is 12.1 Å². The van der Waals surface area contributed by atoms with E-state index in [1.807, 2.05) is 17.2 Å². The number of fused-ring (bicyclic) bond motifs is 1. The van der Waals surface area contributed by atoms with Gasteiger partial charge in [0, 0.05) is 30.9 Å². The predicted molar refractivity (Wildman–Crippen MR) is 97.6 cm³/mol. The Hall–Kier alpha value is -2.89. The van der Waals surface area contributed by atoms with Crippen LogP contribution in [0.1, 0.15) is 21.3 Å². The second-order valence-corrected chi connectivity index (χ2v) is 8.00. The summed E-state index contributed by atoms with van der Waals surface area (Å²) in [7, 11) is 0. The molecular formula is C18H18F3N3O5S. The van der Waals surface area contributed by atoms with Crippen molar-refractivity contribution in [2.24, 2.45) is 11.8 Å². The van der Waals surface area contributed by atoms with Crippen LogP contribution in [0.5, 0.6) is 0 Å². The average Bonchev–Trinajstić information content (AvgIpc) is 3.43. The van der Waals surface area contributed by atoms with Gasteiger partial charge in [-0.05, 0) is 19.1 Å². The molecule has 2 aromatic heterocycles. The Labute approximate surface area is 172 Å². The van der Waals surface area contributed by atoms with Crippen LogP contribution in [0.3, 0.4) is 0 Å². The first-order valence-electron chi connectivity index (χ1n) is 8.89. The van der Waals surface area contributed by atoms with E-state index in [1.165, 1.54) is 6.26 Å². The highest BCUT2D eigenvalue weighted by Gasteiger charge is 2.47. The van der Waals surface area contributed by atoms with Crippen molar-refractivity contribution in [2.45, 2.75) is 19.6 Å². The number of hydrogen-bond acceptors (Lipinski definition) is 6. The molecule has 2 atom stereocenters. The lowest BCUT2D eigenvalue weighted by Gasteiger charge is -2.20. The van der Waals surface area contributed by atoms with E-state index in [4.69, 9.17) is 14.3 Å². The Balaban J connectivity index is 0.000000318. The lowest BCUT2D eigenvalue weighted by molar-refractivity contribution is -0.192. The number of hydrogen-bond donors (Lipinski definition) is 1. The molecule has 0 bridgehead atoms. The van der Waals surface area contributed by atoms with Gasteiger partial charge in [0.25, 0.3) is 5.91 Å². The van der Waals surface area contributed by atoms with Gasteiger partial charge in [-0.3, -0.25) is 9.59 Å². The van der Waals surface area contributed by atoms with E-state index < -0.39 is 12.1 Å². The molecule has 2 fully saturated rings. The van der Waals surface area contributed by atoms with Crippen molar-refractivity contribution in [3.05, 3.63) is 40.2 Å². The van der Waals surface area contributed by atoms with Crippen molar-refractivity contribution in [1.82, 2.24) is 14.8 Å². The number of aryl methyl sites for hydroxylation is 1. The molecule has 12 heteroatoms. The van der Waals surface area contributed by atoms with Crippen LogP contribution < -0.4 is 0 Å². The molecule has 1 N–H and O–H groups in total. The van der Waals surface area contributed by atoms with E-state index in [0.29, 0.717) is 31.9 Å². The molecule has 2 aromatic rings. The molecular weight excluding hydrogens is 427 g/mol. The van der Waals surface area contributed by atoms with Gasteiger partial charge < -0.3 is 19.3 Å². The van der Waals surface area contributed by atoms with Gasteiger partial charge in [0.1, 0.15) is 0 Å². The third kappa shape index (κ3) is 4.81. The number of aliphatic carboxylic acids is 1. The lowest BCUT2D eigenvalue weighted by Crippen LogP contribution is -2.35. The number of alkyl halides is 3. The van der Waals surface area contributed by atoms with Crippen molar-refractivity contribution in [3.63, 3.8) is 0 Å². The highest BCUT2D eigenvalue weighted by Crippen LogP contribution is 2.33. The summed E-state index contributed by atoms with van der Waals surface area (Å²) >= 11 is 1.60. The van der Waals surface area contributed by atoms with Crippen LogP contribution in [0.2, 0.25) is 0 Å². The Bertz CT molecular complexity index is 928. The maximum absolute atomic E-state index is 12.6. The number of nitrogens with zero attached hydrogens (tertiary/aromatic N) is 3. The summed E-state index contributed by atoms with van der Waals surface area (Å²) in [4.78, 5) is 41.8. The Morgan fingerprint density at radius 1 is 1.33 bits per heavy atom. The molecule has 30 heavy (non-hydrogen) atoms. The third-order valence-corrected chi connectivity index (χ3v) is 5.63. The first-order chi connectivity index (χ1) is 14.1. The monoisotopic (exact) mass is 445 g/mol. The van der Waals surface area contributed by atoms with Gasteiger partial charge in [0.05, 0.1) is 29.4 Å². The van der Waals surface area contributed by atoms with Crippen molar-refractivity contribution < 1.29 is 37.1 Å². The van der Waals surface area contributed by atoms with Gasteiger partial charge in [0.15, 0.2) is 5.76 Å². The molecule has 0 saturated carbocycles. The molecule has 4 rings (SSSR count). The number of rotatable bonds is 3. The summed E-state index contributed by atoms with van der Waals surface area (Å²) in [5.74, 6) is -2.29. The number of furan rings is 1. The van der Waals surface area contributed by atoms with Crippen LogP contribution in [0.15, 0.2) is 28.2 Å². The van der Waals surface area contributed by atoms with Gasteiger partial charge in [-0.1, -0.05) is 0 Å². The summed E-state index contributed by atoms with van der Waals surface area (Å²) in [5.41, 5.74) is 0.948. The second kappa shape index (κ2) is 8.46. The fourth-order valence-corrected chi connectivity index (χ4v) is 4.09. The molecule has 0 aromatic carbocycles. The van der Waals surface area contributed by atoms with Gasteiger partial charge in [-0.25, -0.2) is 9.78 Å². The minimum absolute atomic E-state index is 0.0892. The summed E-state index contributed by atoms with van der Waals surface area (Å²) in [6, 6.07) is 3.36. The molecule has 2 saturated heterocycles. The third-order valence-electron chi connectivity index (χ3n) is 4.81. The van der Waals surface area contributed by atoms with E-state index in [9.17, 15) is 22.8 Å². The topological polar surface area (TPSA) is 104 Å². The number of carboxylic acid groups (broad SMARTS) is 1. The number of likely N-dealkylation sites (tertiary alicyclic amines) is 2. The number of aromatic nitrogens is 1. The first kappa shape index (κ1) is 21.8. The Morgan fingerprint density at radius 3 is 2.53 bits per heavy atom.